The average molecular weight is 462 g/mol. The van der Waals surface area contributed by atoms with Crippen LogP contribution in [0, 0.1) is 0 Å². The maximum absolute atomic E-state index is 12.9. The summed E-state index contributed by atoms with van der Waals surface area (Å²) in [4.78, 5) is 27.4. The number of amides is 1. The molecule has 160 valence electrons. The molecular formula is C25H19NO4S2. The smallest absolute Gasteiger partial charge is 0.343 e. The van der Waals surface area contributed by atoms with Gasteiger partial charge in [0.2, 0.25) is 0 Å². The molecule has 0 radical (unpaired) electrons. The van der Waals surface area contributed by atoms with Crippen molar-refractivity contribution in [3.63, 3.8) is 0 Å². The first-order valence-electron chi connectivity index (χ1n) is 9.94. The van der Waals surface area contributed by atoms with Gasteiger partial charge in [0.05, 0.1) is 22.8 Å². The van der Waals surface area contributed by atoms with E-state index in [4.69, 9.17) is 21.7 Å². The van der Waals surface area contributed by atoms with Gasteiger partial charge in [-0.2, -0.15) is 0 Å². The van der Waals surface area contributed by atoms with Crippen molar-refractivity contribution in [3.05, 3.63) is 94.9 Å². The van der Waals surface area contributed by atoms with Crippen LogP contribution in [0.3, 0.4) is 0 Å². The maximum atomic E-state index is 12.9. The summed E-state index contributed by atoms with van der Waals surface area (Å²) >= 11 is 6.67. The van der Waals surface area contributed by atoms with Crippen LogP contribution in [0.4, 0.5) is 5.69 Å². The van der Waals surface area contributed by atoms with Gasteiger partial charge in [-0.25, -0.2) is 4.79 Å². The number of rotatable bonds is 6. The second kappa shape index (κ2) is 9.80. The fraction of sp³-hybridized carbons (Fsp3) is 0.0800. The summed E-state index contributed by atoms with van der Waals surface area (Å²) in [6.07, 6.45) is 1.76. The number of esters is 1. The zero-order chi connectivity index (χ0) is 22.5. The van der Waals surface area contributed by atoms with Gasteiger partial charge in [0.25, 0.3) is 5.91 Å². The average Bonchev–Trinajstić information content (AvgIpc) is 3.09. The number of para-hydroxylation sites is 1. The van der Waals surface area contributed by atoms with Crippen molar-refractivity contribution in [1.29, 1.82) is 0 Å². The van der Waals surface area contributed by atoms with E-state index in [1.54, 1.807) is 48.5 Å². The van der Waals surface area contributed by atoms with Gasteiger partial charge in [-0.1, -0.05) is 66.4 Å². The highest BCUT2D eigenvalue weighted by atomic mass is 32.2. The van der Waals surface area contributed by atoms with Crippen LogP contribution in [-0.4, -0.2) is 22.8 Å². The first-order chi connectivity index (χ1) is 15.6. The third kappa shape index (κ3) is 4.74. The highest BCUT2D eigenvalue weighted by molar-refractivity contribution is 8.27. The number of ether oxygens (including phenoxy) is 2. The van der Waals surface area contributed by atoms with Crippen LogP contribution in [0.5, 0.6) is 11.5 Å². The topological polar surface area (TPSA) is 55.8 Å². The van der Waals surface area contributed by atoms with Gasteiger partial charge >= 0.3 is 5.97 Å². The predicted molar refractivity (Wildman–Crippen MR) is 131 cm³/mol. The standard InChI is InChI=1S/C25H19NO4S2/c1-2-29-21-15-17(13-14-20(21)30-24(28)18-9-5-3-6-10-18)16-22-23(27)26(25(31)32-22)19-11-7-4-8-12-19/h3-16H,2H2,1H3/b22-16-. The first kappa shape index (κ1) is 21.8. The molecule has 1 heterocycles. The van der Waals surface area contributed by atoms with Crippen molar-refractivity contribution >= 4 is 51.9 Å². The van der Waals surface area contributed by atoms with E-state index in [2.05, 4.69) is 0 Å². The third-order valence-electron chi connectivity index (χ3n) is 4.59. The second-order valence-corrected chi connectivity index (χ2v) is 8.42. The Morgan fingerprint density at radius 1 is 1.00 bits per heavy atom. The number of thiocarbonyl (C=S) groups is 1. The molecule has 1 amide bonds. The van der Waals surface area contributed by atoms with Crippen molar-refractivity contribution < 1.29 is 19.1 Å². The predicted octanol–water partition coefficient (Wildman–Crippen LogP) is 5.71. The van der Waals surface area contributed by atoms with Crippen LogP contribution in [0.25, 0.3) is 6.08 Å². The molecule has 3 aromatic carbocycles. The SMILES string of the molecule is CCOc1cc(/C=C2\SC(=S)N(c3ccccc3)C2=O)ccc1OC(=O)c1ccccc1. The Kier molecular flexibility index (Phi) is 6.68. The Labute approximate surface area is 195 Å². The molecule has 3 aromatic rings. The lowest BCUT2D eigenvalue weighted by molar-refractivity contribution is -0.113. The van der Waals surface area contributed by atoms with E-state index in [-0.39, 0.29) is 5.91 Å². The highest BCUT2D eigenvalue weighted by Gasteiger charge is 2.33. The quantitative estimate of drug-likeness (QED) is 0.203. The summed E-state index contributed by atoms with van der Waals surface area (Å²) in [5.74, 6) is 0.0885. The van der Waals surface area contributed by atoms with Crippen molar-refractivity contribution in [2.24, 2.45) is 0 Å². The molecule has 0 unspecified atom stereocenters. The Bertz CT molecular complexity index is 1190. The minimum Gasteiger partial charge on any atom is -0.490 e. The third-order valence-corrected chi connectivity index (χ3v) is 5.89. The molecule has 7 heteroatoms. The monoisotopic (exact) mass is 461 g/mol. The van der Waals surface area contributed by atoms with Gasteiger partial charge in [-0.05, 0) is 55.0 Å². The minimum atomic E-state index is -0.469. The number of anilines is 1. The van der Waals surface area contributed by atoms with Gasteiger partial charge in [-0.3, -0.25) is 9.69 Å². The van der Waals surface area contributed by atoms with E-state index in [1.807, 2.05) is 43.3 Å². The molecule has 0 saturated carbocycles. The second-order valence-electron chi connectivity index (χ2n) is 6.75. The fourth-order valence-electron chi connectivity index (χ4n) is 3.12. The lowest BCUT2D eigenvalue weighted by Crippen LogP contribution is -2.27. The van der Waals surface area contributed by atoms with Crippen molar-refractivity contribution in [2.75, 3.05) is 11.5 Å². The number of carbonyl (C=O) groups is 2. The van der Waals surface area contributed by atoms with Crippen LogP contribution < -0.4 is 14.4 Å². The molecule has 1 saturated heterocycles. The van der Waals surface area contributed by atoms with Gasteiger partial charge in [0.15, 0.2) is 15.8 Å². The molecule has 4 rings (SSSR count). The van der Waals surface area contributed by atoms with Crippen LogP contribution in [0.15, 0.2) is 83.8 Å². The van der Waals surface area contributed by atoms with E-state index in [0.717, 1.165) is 11.3 Å². The summed E-state index contributed by atoms with van der Waals surface area (Å²) in [6, 6.07) is 23.2. The van der Waals surface area contributed by atoms with E-state index in [1.165, 1.54) is 16.7 Å². The lowest BCUT2D eigenvalue weighted by Gasteiger charge is -2.14. The molecule has 0 bridgehead atoms. The van der Waals surface area contributed by atoms with E-state index in [0.29, 0.717) is 32.9 Å². The zero-order valence-electron chi connectivity index (χ0n) is 17.2. The summed E-state index contributed by atoms with van der Waals surface area (Å²) in [6.45, 7) is 2.25. The molecule has 0 spiro atoms. The number of hydrogen-bond acceptors (Lipinski definition) is 6. The highest BCUT2D eigenvalue weighted by Crippen LogP contribution is 2.37. The Morgan fingerprint density at radius 3 is 2.38 bits per heavy atom. The van der Waals surface area contributed by atoms with E-state index >= 15 is 0 Å². The first-order valence-corrected chi connectivity index (χ1v) is 11.2. The summed E-state index contributed by atoms with van der Waals surface area (Å²) in [7, 11) is 0. The number of hydrogen-bond donors (Lipinski definition) is 0. The normalized spacial score (nSPS) is 14.7. The molecule has 1 aliphatic rings. The molecule has 5 nitrogen and oxygen atoms in total. The van der Waals surface area contributed by atoms with Crippen LogP contribution >= 0.6 is 24.0 Å². The Hall–Kier alpha value is -3.42. The van der Waals surface area contributed by atoms with Crippen molar-refractivity contribution in [3.8, 4) is 11.5 Å². The molecule has 0 atom stereocenters. The number of benzene rings is 3. The fourth-order valence-corrected chi connectivity index (χ4v) is 4.42. The van der Waals surface area contributed by atoms with E-state index in [9.17, 15) is 9.59 Å². The molecule has 1 aliphatic heterocycles. The summed E-state index contributed by atoms with van der Waals surface area (Å²) < 4.78 is 11.7. The summed E-state index contributed by atoms with van der Waals surface area (Å²) in [5, 5.41) is 0. The number of carbonyl (C=O) groups excluding carboxylic acids is 2. The van der Waals surface area contributed by atoms with Gasteiger partial charge in [-0.15, -0.1) is 0 Å². The summed E-state index contributed by atoms with van der Waals surface area (Å²) in [5.41, 5.74) is 1.92. The van der Waals surface area contributed by atoms with Crippen LogP contribution in [0.1, 0.15) is 22.8 Å². The molecule has 0 aliphatic carbocycles. The maximum Gasteiger partial charge on any atom is 0.343 e. The van der Waals surface area contributed by atoms with Gasteiger partial charge in [0.1, 0.15) is 0 Å². The molecule has 1 fully saturated rings. The lowest BCUT2D eigenvalue weighted by atomic mass is 10.1. The van der Waals surface area contributed by atoms with E-state index < -0.39 is 5.97 Å². The Balaban J connectivity index is 1.58. The van der Waals surface area contributed by atoms with Gasteiger partial charge in [0, 0.05) is 0 Å². The number of nitrogens with zero attached hydrogens (tertiary/aromatic N) is 1. The minimum absolute atomic E-state index is 0.177. The molecule has 32 heavy (non-hydrogen) atoms. The van der Waals surface area contributed by atoms with Gasteiger partial charge < -0.3 is 9.47 Å². The largest absolute Gasteiger partial charge is 0.490 e. The molecular weight excluding hydrogens is 442 g/mol. The molecule has 0 N–H and O–H groups in total. The van der Waals surface area contributed by atoms with Crippen LogP contribution in [-0.2, 0) is 4.79 Å². The van der Waals surface area contributed by atoms with Crippen LogP contribution in [0.2, 0.25) is 0 Å². The van der Waals surface area contributed by atoms with Crippen molar-refractivity contribution in [2.45, 2.75) is 6.92 Å². The number of thioether (sulfide) groups is 1. The zero-order valence-corrected chi connectivity index (χ0v) is 18.8. The molecule has 0 aromatic heterocycles. The Morgan fingerprint density at radius 2 is 1.69 bits per heavy atom. The van der Waals surface area contributed by atoms with Crippen molar-refractivity contribution in [1.82, 2.24) is 0 Å².